The van der Waals surface area contributed by atoms with E-state index < -0.39 is 0 Å². The Bertz CT molecular complexity index is 242. The van der Waals surface area contributed by atoms with E-state index >= 15 is 0 Å². The second-order valence-electron chi connectivity index (χ2n) is 5.26. The third-order valence-corrected chi connectivity index (χ3v) is 3.49. The van der Waals surface area contributed by atoms with Crippen LogP contribution >= 0.6 is 0 Å². The van der Waals surface area contributed by atoms with E-state index in [1.807, 2.05) is 0 Å². The lowest BCUT2D eigenvalue weighted by Gasteiger charge is -2.22. The fourth-order valence-corrected chi connectivity index (χ4v) is 2.23. The first-order valence-corrected chi connectivity index (χ1v) is 7.90. The molecule has 1 aliphatic heterocycles. The summed E-state index contributed by atoms with van der Waals surface area (Å²) >= 11 is 0. The second kappa shape index (κ2) is 12.1. The van der Waals surface area contributed by atoms with Gasteiger partial charge in [-0.15, -0.1) is 0 Å². The molecule has 5 heteroatoms. The average Bonchev–Trinajstić information content (AvgIpc) is 2.50. The van der Waals surface area contributed by atoms with Crippen molar-refractivity contribution in [2.45, 2.75) is 70.5 Å². The monoisotopic (exact) mass is 287 g/mol. The van der Waals surface area contributed by atoms with Gasteiger partial charge in [0, 0.05) is 26.0 Å². The number of hydroxylamine groups is 1. The van der Waals surface area contributed by atoms with Crippen molar-refractivity contribution >= 4 is 5.97 Å². The molecule has 1 unspecified atom stereocenters. The van der Waals surface area contributed by atoms with Crippen molar-refractivity contribution in [1.29, 1.82) is 0 Å². The summed E-state index contributed by atoms with van der Waals surface area (Å²) in [6.45, 7) is 1.69. The quantitative estimate of drug-likeness (QED) is 0.360. The Kier molecular flexibility index (Phi) is 10.5. The summed E-state index contributed by atoms with van der Waals surface area (Å²) in [5, 5.41) is 0. The van der Waals surface area contributed by atoms with Gasteiger partial charge in [0.2, 0.25) is 0 Å². The van der Waals surface area contributed by atoms with E-state index in [4.69, 9.17) is 9.57 Å². The predicted molar refractivity (Wildman–Crippen MR) is 77.0 cm³/mol. The third kappa shape index (κ3) is 9.28. The zero-order chi connectivity index (χ0) is 14.5. The topological polar surface area (TPSA) is 56.8 Å². The maximum Gasteiger partial charge on any atom is 0.305 e. The molecule has 20 heavy (non-hydrogen) atoms. The first-order chi connectivity index (χ1) is 9.83. The molecule has 1 aliphatic rings. The van der Waals surface area contributed by atoms with E-state index in [2.05, 4.69) is 10.2 Å². The highest BCUT2D eigenvalue weighted by Gasteiger charge is 2.13. The number of methoxy groups -OCH3 is 1. The molecule has 5 nitrogen and oxygen atoms in total. The fourth-order valence-electron chi connectivity index (χ4n) is 2.23. The van der Waals surface area contributed by atoms with Crippen LogP contribution in [0.1, 0.15) is 64.2 Å². The number of hydrogen-bond acceptors (Lipinski definition) is 5. The van der Waals surface area contributed by atoms with Crippen molar-refractivity contribution in [1.82, 2.24) is 5.48 Å². The molecule has 0 aromatic heterocycles. The molecule has 118 valence electrons. The molecule has 0 aromatic carbocycles. The number of nitrogens with one attached hydrogen (secondary N) is 1. The summed E-state index contributed by atoms with van der Waals surface area (Å²) in [7, 11) is 1.44. The summed E-state index contributed by atoms with van der Waals surface area (Å²) in [6.07, 6.45) is 10.6. The van der Waals surface area contributed by atoms with Crippen LogP contribution in [-0.4, -0.2) is 32.5 Å². The van der Waals surface area contributed by atoms with Crippen LogP contribution in [0, 0.1) is 0 Å². The van der Waals surface area contributed by atoms with E-state index in [0.717, 1.165) is 45.3 Å². The van der Waals surface area contributed by atoms with Gasteiger partial charge in [-0.25, -0.2) is 0 Å². The number of carbonyl (C=O) groups excluding carboxylic acids is 1. The number of ether oxygens (including phenoxy) is 2. The van der Waals surface area contributed by atoms with E-state index in [1.54, 1.807) is 0 Å². The predicted octanol–water partition coefficient (Wildman–Crippen LogP) is 2.94. The van der Waals surface area contributed by atoms with Gasteiger partial charge in [0.25, 0.3) is 0 Å². The number of carbonyl (C=O) groups is 1. The van der Waals surface area contributed by atoms with Crippen LogP contribution in [0.3, 0.4) is 0 Å². The van der Waals surface area contributed by atoms with Gasteiger partial charge in [0.1, 0.15) is 0 Å². The molecule has 1 rings (SSSR count). The van der Waals surface area contributed by atoms with Crippen molar-refractivity contribution < 1.29 is 19.1 Å². The van der Waals surface area contributed by atoms with Crippen LogP contribution < -0.4 is 5.48 Å². The minimum absolute atomic E-state index is 0.0536. The Balaban J connectivity index is 1.75. The highest BCUT2D eigenvalue weighted by atomic mass is 16.8. The maximum atomic E-state index is 10.9. The van der Waals surface area contributed by atoms with Crippen molar-refractivity contribution in [3.8, 4) is 0 Å². The van der Waals surface area contributed by atoms with Crippen LogP contribution in [0.25, 0.3) is 0 Å². The SMILES string of the molecule is COC(=O)CCCCCCCCNOC1CCCCO1. The summed E-state index contributed by atoms with van der Waals surface area (Å²) in [4.78, 5) is 16.3. The molecule has 0 aliphatic carbocycles. The summed E-state index contributed by atoms with van der Waals surface area (Å²) in [6, 6.07) is 0. The van der Waals surface area contributed by atoms with Crippen LogP contribution in [0.5, 0.6) is 0 Å². The highest BCUT2D eigenvalue weighted by molar-refractivity contribution is 5.68. The zero-order valence-electron chi connectivity index (χ0n) is 12.7. The Morgan fingerprint density at radius 1 is 1.15 bits per heavy atom. The van der Waals surface area contributed by atoms with E-state index in [-0.39, 0.29) is 12.3 Å². The first kappa shape index (κ1) is 17.4. The number of esters is 1. The van der Waals surface area contributed by atoms with Gasteiger partial charge in [-0.1, -0.05) is 25.7 Å². The summed E-state index contributed by atoms with van der Waals surface area (Å²) in [5.41, 5.74) is 2.99. The molecule has 1 atom stereocenters. The zero-order valence-corrected chi connectivity index (χ0v) is 12.7. The van der Waals surface area contributed by atoms with Gasteiger partial charge < -0.3 is 9.47 Å². The lowest BCUT2D eigenvalue weighted by Crippen LogP contribution is -2.29. The lowest BCUT2D eigenvalue weighted by molar-refractivity contribution is -0.196. The van der Waals surface area contributed by atoms with Crippen molar-refractivity contribution in [3.05, 3.63) is 0 Å². The average molecular weight is 287 g/mol. The van der Waals surface area contributed by atoms with Crippen molar-refractivity contribution in [2.75, 3.05) is 20.3 Å². The Morgan fingerprint density at radius 3 is 2.60 bits per heavy atom. The van der Waals surface area contributed by atoms with Crippen LogP contribution in [0.15, 0.2) is 0 Å². The van der Waals surface area contributed by atoms with Gasteiger partial charge in [-0.2, -0.15) is 5.48 Å². The van der Waals surface area contributed by atoms with Gasteiger partial charge in [0.05, 0.1) is 7.11 Å². The van der Waals surface area contributed by atoms with Gasteiger partial charge in [-0.05, 0) is 25.7 Å². The Morgan fingerprint density at radius 2 is 1.90 bits per heavy atom. The minimum Gasteiger partial charge on any atom is -0.469 e. The second-order valence-corrected chi connectivity index (χ2v) is 5.26. The normalized spacial score (nSPS) is 18.9. The molecule has 0 amide bonds. The van der Waals surface area contributed by atoms with Gasteiger partial charge in [-0.3, -0.25) is 9.63 Å². The van der Waals surface area contributed by atoms with Crippen molar-refractivity contribution in [2.24, 2.45) is 0 Å². The lowest BCUT2D eigenvalue weighted by atomic mass is 10.1. The molecule has 1 fully saturated rings. The number of hydrogen-bond donors (Lipinski definition) is 1. The first-order valence-electron chi connectivity index (χ1n) is 7.90. The molecule has 1 N–H and O–H groups in total. The van der Waals surface area contributed by atoms with Crippen LogP contribution in [-0.2, 0) is 19.1 Å². The molecule has 0 saturated carbocycles. The summed E-state index contributed by atoms with van der Waals surface area (Å²) < 4.78 is 10.1. The minimum atomic E-state index is -0.101. The Hall–Kier alpha value is -0.650. The van der Waals surface area contributed by atoms with Crippen LogP contribution in [0.4, 0.5) is 0 Å². The van der Waals surface area contributed by atoms with Crippen LogP contribution in [0.2, 0.25) is 0 Å². The molecule has 0 radical (unpaired) electrons. The maximum absolute atomic E-state index is 10.9. The summed E-state index contributed by atoms with van der Waals surface area (Å²) in [5.74, 6) is -0.101. The third-order valence-electron chi connectivity index (χ3n) is 3.49. The molecule has 0 spiro atoms. The molecule has 0 aromatic rings. The van der Waals surface area contributed by atoms with Gasteiger partial charge in [0.15, 0.2) is 6.29 Å². The molecule has 1 saturated heterocycles. The van der Waals surface area contributed by atoms with E-state index in [1.165, 1.54) is 32.8 Å². The highest BCUT2D eigenvalue weighted by Crippen LogP contribution is 2.12. The molecular weight excluding hydrogens is 258 g/mol. The molecule has 0 bridgehead atoms. The largest absolute Gasteiger partial charge is 0.469 e. The van der Waals surface area contributed by atoms with Gasteiger partial charge >= 0.3 is 5.97 Å². The van der Waals surface area contributed by atoms with E-state index in [9.17, 15) is 4.79 Å². The van der Waals surface area contributed by atoms with Crippen molar-refractivity contribution in [3.63, 3.8) is 0 Å². The molecular formula is C15H29NO4. The molecule has 1 heterocycles. The fraction of sp³-hybridized carbons (Fsp3) is 0.933. The number of rotatable bonds is 11. The van der Waals surface area contributed by atoms with E-state index in [0.29, 0.717) is 6.42 Å². The Labute approximate surface area is 122 Å². The standard InChI is InChI=1S/C15H29NO4/c1-18-14(17)10-6-4-2-3-5-8-12-16-20-15-11-7-9-13-19-15/h15-16H,2-13H2,1H3. The number of unbranched alkanes of at least 4 members (excludes halogenated alkanes) is 5. The smallest absolute Gasteiger partial charge is 0.305 e.